The molecule has 12 heteroatoms. The summed E-state index contributed by atoms with van der Waals surface area (Å²) in [4.78, 5) is 28.4. The van der Waals surface area contributed by atoms with E-state index in [-0.39, 0.29) is 11.2 Å². The summed E-state index contributed by atoms with van der Waals surface area (Å²) < 4.78 is 18.0. The van der Waals surface area contributed by atoms with E-state index in [9.17, 15) is 0 Å². The van der Waals surface area contributed by atoms with Crippen molar-refractivity contribution in [2.45, 2.75) is 38.9 Å². The first-order valence-electron chi connectivity index (χ1n) is 33.7. The summed E-state index contributed by atoms with van der Waals surface area (Å²) in [5.74, 6) is 0. The zero-order valence-electron chi connectivity index (χ0n) is 55.1. The maximum Gasteiger partial charge on any atom is 0.494 e. The van der Waals surface area contributed by atoms with Gasteiger partial charge in [0.2, 0.25) is 0 Å². The van der Waals surface area contributed by atoms with Crippen LogP contribution >= 0.6 is 15.9 Å². The van der Waals surface area contributed by atoms with Crippen molar-refractivity contribution in [2.24, 2.45) is 0 Å². The Bertz CT molecular complexity index is 6680. The van der Waals surface area contributed by atoms with E-state index in [0.29, 0.717) is 0 Å². The number of hydrogen-bond acceptors (Lipinski definition) is 8. The molecule has 474 valence electrons. The van der Waals surface area contributed by atoms with Crippen molar-refractivity contribution in [1.82, 2.24) is 38.7 Å². The monoisotopic (exact) mass is 1350 g/mol. The standard InChI is InChI=1S/C41H24N4.C24H15Br.C23H21BN4O2/c1-2-9-26-22-27(16-15-25(26)8-1)38-29-10-3-5-12-31(29)39(32-13-6-4-11-30(32)38)28-17-18-36-35(23-28)44-41-34-14-7-20-43-40(34)33-19-21-42-24-37(33)45(36)41;25-24-21-11-5-3-9-19(21)23(20-10-4-6-12-22(20)24)18-14-13-16-7-1-2-8-17(16)15-18;1-22(2)23(3,4)30-24(29-22)14-7-8-18-17(12-14)27-21-16-6-5-10-26-20(16)15-9-11-25-13-19(15)28(18)21/h1-24H;1-15H;5-13H,1-4H3. The van der Waals surface area contributed by atoms with Gasteiger partial charge >= 0.3 is 7.12 Å². The van der Waals surface area contributed by atoms with Crippen LogP contribution in [0.1, 0.15) is 27.7 Å². The molecule has 1 fully saturated rings. The van der Waals surface area contributed by atoms with Crippen molar-refractivity contribution in [3.63, 3.8) is 0 Å². The smallest absolute Gasteiger partial charge is 0.399 e. The highest BCUT2D eigenvalue weighted by Crippen LogP contribution is 2.47. The fourth-order valence-corrected chi connectivity index (χ4v) is 16.0. The lowest BCUT2D eigenvalue weighted by Gasteiger charge is -2.32. The number of fused-ring (bicyclic) bond motifs is 22. The third-order valence-corrected chi connectivity index (χ3v) is 21.6. The predicted molar refractivity (Wildman–Crippen MR) is 418 cm³/mol. The minimum absolute atomic E-state index is 0.380. The Morgan fingerprint density at radius 1 is 0.330 bits per heavy atom. The van der Waals surface area contributed by atoms with E-state index < -0.39 is 7.12 Å². The molecule has 0 saturated carbocycles. The molecule has 10 nitrogen and oxygen atoms in total. The van der Waals surface area contributed by atoms with Crippen molar-refractivity contribution in [3.05, 3.63) is 296 Å². The van der Waals surface area contributed by atoms with E-state index in [2.05, 4.69) is 298 Å². The predicted octanol–water partition coefficient (Wildman–Crippen LogP) is 21.8. The average molecular weight is 1350 g/mol. The fourth-order valence-electron chi connectivity index (χ4n) is 15.3. The van der Waals surface area contributed by atoms with Gasteiger partial charge in [-0.25, -0.2) is 9.97 Å². The van der Waals surface area contributed by atoms with Gasteiger partial charge in [0, 0.05) is 50.8 Å². The molecule has 9 heterocycles. The van der Waals surface area contributed by atoms with Crippen molar-refractivity contribution in [1.29, 1.82) is 0 Å². The molecule has 12 aromatic carbocycles. The van der Waals surface area contributed by atoms with Gasteiger partial charge in [-0.05, 0) is 220 Å². The summed E-state index contributed by atoms with van der Waals surface area (Å²) in [6.07, 6.45) is 11.1. The number of imidazole rings is 2. The Hall–Kier alpha value is -11.8. The van der Waals surface area contributed by atoms with Gasteiger partial charge in [0.25, 0.3) is 0 Å². The maximum absolute atomic E-state index is 6.24. The first kappa shape index (κ1) is 59.5. The molecule has 0 spiro atoms. The van der Waals surface area contributed by atoms with Crippen molar-refractivity contribution < 1.29 is 9.31 Å². The SMILES string of the molecule is Brc1c2ccccc2c(-c2ccc3ccccc3c2)c2ccccc12.CC1(C)OB(c2ccc3c(c2)nc2c4cccnc4c4ccncc4n32)OC1(C)C.c1ccc2cc(-c3c4ccccc4c(-c4ccc5c(c4)nc4c6cccnc6c6ccncc6n54)c4ccccc34)ccc2c1. The molecule has 100 heavy (non-hydrogen) atoms. The van der Waals surface area contributed by atoms with Crippen LogP contribution in [-0.4, -0.2) is 57.0 Å². The molecule has 21 rings (SSSR count). The molecule has 0 aliphatic carbocycles. The minimum Gasteiger partial charge on any atom is -0.399 e. The molecule has 8 aromatic heterocycles. The lowest BCUT2D eigenvalue weighted by molar-refractivity contribution is 0.00578. The Balaban J connectivity index is 0.000000110. The van der Waals surface area contributed by atoms with Gasteiger partial charge < -0.3 is 9.31 Å². The van der Waals surface area contributed by atoms with Gasteiger partial charge in [-0.2, -0.15) is 0 Å². The summed E-state index contributed by atoms with van der Waals surface area (Å²) in [6.45, 7) is 8.26. The highest BCUT2D eigenvalue weighted by atomic mass is 79.9. The first-order valence-corrected chi connectivity index (χ1v) is 34.5. The maximum atomic E-state index is 6.24. The zero-order valence-corrected chi connectivity index (χ0v) is 56.6. The van der Waals surface area contributed by atoms with Crippen LogP contribution in [0.4, 0.5) is 0 Å². The molecular weight excluding hydrogens is 1290 g/mol. The van der Waals surface area contributed by atoms with Crippen molar-refractivity contribution in [3.8, 4) is 33.4 Å². The summed E-state index contributed by atoms with van der Waals surface area (Å²) >= 11 is 3.83. The van der Waals surface area contributed by atoms with Crippen LogP contribution in [0.3, 0.4) is 0 Å². The van der Waals surface area contributed by atoms with Gasteiger partial charge in [0.05, 0.1) is 67.7 Å². The molecule has 1 aliphatic rings. The van der Waals surface area contributed by atoms with Gasteiger partial charge in [-0.1, -0.05) is 182 Å². The topological polar surface area (TPSA) is 105 Å². The second kappa shape index (κ2) is 23.2. The molecular formula is C88H60BBrN8O2. The molecule has 0 bridgehead atoms. The minimum atomic E-state index is -0.416. The quantitative estimate of drug-likeness (QED) is 0.0975. The molecule has 1 aliphatic heterocycles. The number of rotatable bonds is 4. The van der Waals surface area contributed by atoms with E-state index in [1.54, 1.807) is 6.20 Å². The normalized spacial score (nSPS) is 13.7. The molecule has 20 aromatic rings. The number of benzene rings is 12. The van der Waals surface area contributed by atoms with Crippen LogP contribution in [0.5, 0.6) is 0 Å². The number of pyridine rings is 6. The molecule has 0 unspecified atom stereocenters. The Kier molecular flexibility index (Phi) is 13.8. The highest BCUT2D eigenvalue weighted by molar-refractivity contribution is 9.10. The third-order valence-electron chi connectivity index (χ3n) is 20.7. The van der Waals surface area contributed by atoms with Crippen LogP contribution < -0.4 is 5.46 Å². The number of aromatic nitrogens is 8. The zero-order chi connectivity index (χ0) is 67.0. The van der Waals surface area contributed by atoms with Gasteiger partial charge in [-0.3, -0.25) is 28.7 Å². The highest BCUT2D eigenvalue weighted by Gasteiger charge is 2.52. The van der Waals surface area contributed by atoms with E-state index >= 15 is 0 Å². The van der Waals surface area contributed by atoms with Gasteiger partial charge in [0.15, 0.2) is 0 Å². The van der Waals surface area contributed by atoms with E-state index in [1.807, 2.05) is 55.2 Å². The second-order valence-corrected chi connectivity index (χ2v) is 27.7. The summed E-state index contributed by atoms with van der Waals surface area (Å²) in [5.41, 5.74) is 17.2. The van der Waals surface area contributed by atoms with Crippen LogP contribution in [-0.2, 0) is 9.31 Å². The lowest BCUT2D eigenvalue weighted by Crippen LogP contribution is -2.41. The third kappa shape index (κ3) is 9.46. The number of hydrogen-bond donors (Lipinski definition) is 0. The average Bonchev–Trinajstić information content (AvgIpc) is 1.45. The molecule has 0 radical (unpaired) electrons. The Labute approximate surface area is 583 Å². The van der Waals surface area contributed by atoms with E-state index in [4.69, 9.17) is 24.3 Å². The van der Waals surface area contributed by atoms with Crippen LogP contribution in [0.15, 0.2) is 296 Å². The van der Waals surface area contributed by atoms with Crippen molar-refractivity contribution >= 4 is 170 Å². The van der Waals surface area contributed by atoms with Gasteiger partial charge in [-0.15, -0.1) is 0 Å². The van der Waals surface area contributed by atoms with Crippen molar-refractivity contribution in [2.75, 3.05) is 0 Å². The second-order valence-electron chi connectivity index (χ2n) is 26.9. The van der Waals surface area contributed by atoms with E-state index in [0.717, 1.165) is 88.0 Å². The summed E-state index contributed by atoms with van der Waals surface area (Å²) in [6, 6.07) is 90.7. The van der Waals surface area contributed by atoms with Crippen LogP contribution in [0.25, 0.3) is 175 Å². The van der Waals surface area contributed by atoms with Gasteiger partial charge in [0.1, 0.15) is 11.3 Å². The number of nitrogens with zero attached hydrogens (tertiary/aromatic N) is 8. The summed E-state index contributed by atoms with van der Waals surface area (Å²) in [5, 5.41) is 19.2. The number of halogens is 1. The van der Waals surface area contributed by atoms with E-state index in [1.165, 1.54) is 96.9 Å². The van der Waals surface area contributed by atoms with Crippen LogP contribution in [0.2, 0.25) is 0 Å². The largest absolute Gasteiger partial charge is 0.494 e. The summed E-state index contributed by atoms with van der Waals surface area (Å²) in [7, 11) is -0.416. The van der Waals surface area contributed by atoms with Crippen LogP contribution in [0, 0.1) is 0 Å². The fraction of sp³-hybridized carbons (Fsp3) is 0.0682. The molecule has 1 saturated heterocycles. The molecule has 0 N–H and O–H groups in total. The Morgan fingerprint density at radius 3 is 1.16 bits per heavy atom. The lowest BCUT2D eigenvalue weighted by atomic mass is 9.79. The molecule has 0 amide bonds. The molecule has 0 atom stereocenters. The Morgan fingerprint density at radius 2 is 0.700 bits per heavy atom. The first-order chi connectivity index (χ1) is 49.0.